The second-order valence-corrected chi connectivity index (χ2v) is 4.98. The Hall–Kier alpha value is -1.98. The first-order valence-corrected chi connectivity index (χ1v) is 6.57. The maximum atomic E-state index is 13.3. The van der Waals surface area contributed by atoms with Crippen molar-refractivity contribution >= 4 is 40.5 Å². The van der Waals surface area contributed by atoms with E-state index in [1.54, 1.807) is 12.1 Å². The van der Waals surface area contributed by atoms with E-state index in [0.29, 0.717) is 17.0 Å². The maximum absolute atomic E-state index is 13.3. The first-order chi connectivity index (χ1) is 9.92. The van der Waals surface area contributed by atoms with Gasteiger partial charge in [0.25, 0.3) is 5.91 Å². The van der Waals surface area contributed by atoms with E-state index in [-0.39, 0.29) is 15.7 Å². The summed E-state index contributed by atoms with van der Waals surface area (Å²) in [5.41, 5.74) is 6.68. The topological polar surface area (TPSA) is 64.3 Å². The summed E-state index contributed by atoms with van der Waals surface area (Å²) in [6.45, 7) is 0. The van der Waals surface area contributed by atoms with Gasteiger partial charge in [-0.1, -0.05) is 23.2 Å². The van der Waals surface area contributed by atoms with Crippen LogP contribution in [0.5, 0.6) is 5.75 Å². The number of nitrogens with two attached hydrogens (primary N) is 1. The zero-order chi connectivity index (χ0) is 15.6. The Bertz CT molecular complexity index is 684. The van der Waals surface area contributed by atoms with Crippen LogP contribution in [0.15, 0.2) is 30.3 Å². The van der Waals surface area contributed by atoms with E-state index in [4.69, 9.17) is 33.7 Å². The number of carbonyl (C=O) groups is 1. The van der Waals surface area contributed by atoms with E-state index < -0.39 is 11.7 Å². The van der Waals surface area contributed by atoms with Crippen LogP contribution >= 0.6 is 23.2 Å². The van der Waals surface area contributed by atoms with Gasteiger partial charge in [0.2, 0.25) is 0 Å². The molecule has 0 aliphatic heterocycles. The van der Waals surface area contributed by atoms with Crippen molar-refractivity contribution in [2.24, 2.45) is 0 Å². The minimum absolute atomic E-state index is 0.174. The smallest absolute Gasteiger partial charge is 0.255 e. The number of nitrogens with one attached hydrogen (secondary N) is 1. The molecule has 0 spiro atoms. The number of carbonyl (C=O) groups excluding carboxylic acids is 1. The largest absolute Gasteiger partial charge is 0.495 e. The fraction of sp³-hybridized carbons (Fsp3) is 0.0714. The quantitative estimate of drug-likeness (QED) is 0.661. The molecule has 2 aromatic rings. The SMILES string of the molecule is COc1ccc(C(=O)Nc2cc(Cl)c(F)c(Cl)c2)cc1N. The van der Waals surface area contributed by atoms with Crippen molar-refractivity contribution in [3.63, 3.8) is 0 Å². The van der Waals surface area contributed by atoms with Gasteiger partial charge in [0.05, 0.1) is 22.8 Å². The third-order valence-corrected chi connectivity index (χ3v) is 3.28. The fourth-order valence-electron chi connectivity index (χ4n) is 1.71. The van der Waals surface area contributed by atoms with Crippen molar-refractivity contribution in [2.75, 3.05) is 18.2 Å². The summed E-state index contributed by atoms with van der Waals surface area (Å²) in [5, 5.41) is 2.21. The van der Waals surface area contributed by atoms with Crippen LogP contribution in [0.25, 0.3) is 0 Å². The van der Waals surface area contributed by atoms with Gasteiger partial charge in [-0.2, -0.15) is 0 Å². The highest BCUT2D eigenvalue weighted by molar-refractivity contribution is 6.35. The standard InChI is InChI=1S/C14H11Cl2FN2O2/c1-21-12-3-2-7(4-11(12)18)14(20)19-8-5-9(15)13(17)10(16)6-8/h2-6H,18H2,1H3,(H,19,20). The number of benzene rings is 2. The van der Waals surface area contributed by atoms with Crippen LogP contribution in [-0.2, 0) is 0 Å². The average Bonchev–Trinajstić information content (AvgIpc) is 2.44. The summed E-state index contributed by atoms with van der Waals surface area (Å²) in [5.74, 6) is -0.687. The predicted octanol–water partition coefficient (Wildman–Crippen LogP) is 3.98. The second kappa shape index (κ2) is 6.20. The summed E-state index contributed by atoms with van der Waals surface area (Å²) in [6.07, 6.45) is 0. The molecule has 2 rings (SSSR count). The molecule has 0 aliphatic carbocycles. The molecule has 0 aliphatic rings. The van der Waals surface area contributed by atoms with Gasteiger partial charge >= 0.3 is 0 Å². The van der Waals surface area contributed by atoms with Gasteiger partial charge in [0.1, 0.15) is 5.75 Å². The van der Waals surface area contributed by atoms with E-state index in [2.05, 4.69) is 5.32 Å². The van der Waals surface area contributed by atoms with Crippen molar-refractivity contribution in [3.05, 3.63) is 51.8 Å². The van der Waals surface area contributed by atoms with Gasteiger partial charge in [-0.3, -0.25) is 4.79 Å². The number of nitrogen functional groups attached to an aromatic ring is 1. The third-order valence-electron chi connectivity index (χ3n) is 2.73. The van der Waals surface area contributed by atoms with Crippen molar-refractivity contribution in [3.8, 4) is 5.75 Å². The predicted molar refractivity (Wildman–Crippen MR) is 81.8 cm³/mol. The molecular weight excluding hydrogens is 318 g/mol. The molecule has 4 nitrogen and oxygen atoms in total. The Kier molecular flexibility index (Phi) is 4.55. The molecule has 0 saturated heterocycles. The van der Waals surface area contributed by atoms with E-state index in [0.717, 1.165) is 0 Å². The lowest BCUT2D eigenvalue weighted by Crippen LogP contribution is -2.12. The molecule has 1 amide bonds. The van der Waals surface area contributed by atoms with Crippen molar-refractivity contribution in [1.29, 1.82) is 0 Å². The van der Waals surface area contributed by atoms with Gasteiger partial charge in [-0.15, -0.1) is 0 Å². The van der Waals surface area contributed by atoms with E-state index in [1.165, 1.54) is 25.3 Å². The molecule has 21 heavy (non-hydrogen) atoms. The van der Waals surface area contributed by atoms with Gasteiger partial charge in [0.15, 0.2) is 5.82 Å². The number of halogens is 3. The summed E-state index contributed by atoms with van der Waals surface area (Å²) >= 11 is 11.3. The van der Waals surface area contributed by atoms with E-state index in [1.807, 2.05) is 0 Å². The molecule has 0 fully saturated rings. The number of anilines is 2. The molecule has 0 heterocycles. The summed E-state index contributed by atoms with van der Waals surface area (Å²) < 4.78 is 18.3. The second-order valence-electron chi connectivity index (χ2n) is 4.16. The Morgan fingerprint density at radius 1 is 1.24 bits per heavy atom. The zero-order valence-electron chi connectivity index (χ0n) is 10.9. The van der Waals surface area contributed by atoms with Gasteiger partial charge < -0.3 is 15.8 Å². The Labute approximate surface area is 130 Å². The van der Waals surface area contributed by atoms with E-state index in [9.17, 15) is 9.18 Å². The number of methoxy groups -OCH3 is 1. The van der Waals surface area contributed by atoms with Crippen LogP contribution in [-0.4, -0.2) is 13.0 Å². The highest BCUT2D eigenvalue weighted by Crippen LogP contribution is 2.28. The molecule has 7 heteroatoms. The lowest BCUT2D eigenvalue weighted by molar-refractivity contribution is 0.102. The van der Waals surface area contributed by atoms with Gasteiger partial charge in [0, 0.05) is 11.3 Å². The average molecular weight is 329 g/mol. The first-order valence-electron chi connectivity index (χ1n) is 5.81. The van der Waals surface area contributed by atoms with Crippen LogP contribution in [0.4, 0.5) is 15.8 Å². The molecule has 3 N–H and O–H groups in total. The van der Waals surface area contributed by atoms with Crippen LogP contribution in [0.2, 0.25) is 10.0 Å². The number of hydrogen-bond donors (Lipinski definition) is 2. The van der Waals surface area contributed by atoms with Crippen LogP contribution in [0.3, 0.4) is 0 Å². The molecule has 0 radical (unpaired) electrons. The van der Waals surface area contributed by atoms with Crippen LogP contribution < -0.4 is 15.8 Å². The Morgan fingerprint density at radius 3 is 2.38 bits per heavy atom. The summed E-state index contributed by atoms with van der Waals surface area (Å²) in [7, 11) is 1.48. The Balaban J connectivity index is 2.24. The first kappa shape index (κ1) is 15.4. The molecule has 110 valence electrons. The third kappa shape index (κ3) is 3.37. The lowest BCUT2D eigenvalue weighted by Gasteiger charge is -2.09. The number of ether oxygens (including phenoxy) is 1. The molecule has 0 saturated carbocycles. The molecule has 2 aromatic carbocycles. The monoisotopic (exact) mass is 328 g/mol. The maximum Gasteiger partial charge on any atom is 0.255 e. The minimum Gasteiger partial charge on any atom is -0.495 e. The minimum atomic E-state index is -0.731. The highest BCUT2D eigenvalue weighted by atomic mass is 35.5. The van der Waals surface area contributed by atoms with Gasteiger partial charge in [-0.05, 0) is 30.3 Å². The summed E-state index contributed by atoms with van der Waals surface area (Å²) in [4.78, 5) is 12.1. The molecule has 0 aromatic heterocycles. The van der Waals surface area contributed by atoms with Crippen LogP contribution in [0.1, 0.15) is 10.4 Å². The summed E-state index contributed by atoms with van der Waals surface area (Å²) in [6, 6.07) is 7.15. The van der Waals surface area contributed by atoms with Crippen LogP contribution in [0, 0.1) is 5.82 Å². The molecular formula is C14H11Cl2FN2O2. The lowest BCUT2D eigenvalue weighted by atomic mass is 10.1. The fourth-order valence-corrected chi connectivity index (χ4v) is 2.19. The highest BCUT2D eigenvalue weighted by Gasteiger charge is 2.12. The van der Waals surface area contributed by atoms with Crippen molar-refractivity contribution in [1.82, 2.24) is 0 Å². The van der Waals surface area contributed by atoms with Crippen molar-refractivity contribution < 1.29 is 13.9 Å². The number of amides is 1. The van der Waals surface area contributed by atoms with E-state index >= 15 is 0 Å². The molecule has 0 bridgehead atoms. The van der Waals surface area contributed by atoms with Crippen molar-refractivity contribution in [2.45, 2.75) is 0 Å². The normalized spacial score (nSPS) is 10.3. The Morgan fingerprint density at radius 2 is 1.86 bits per heavy atom. The number of hydrogen-bond acceptors (Lipinski definition) is 3. The van der Waals surface area contributed by atoms with Gasteiger partial charge in [-0.25, -0.2) is 4.39 Å². The molecule has 0 atom stereocenters. The number of rotatable bonds is 3. The molecule has 0 unspecified atom stereocenters. The zero-order valence-corrected chi connectivity index (χ0v) is 12.4.